The van der Waals surface area contributed by atoms with E-state index >= 15 is 0 Å². The molecule has 19 heteroatoms. The second kappa shape index (κ2) is 9.81. The predicted octanol–water partition coefficient (Wildman–Crippen LogP) is -0.451. The van der Waals surface area contributed by atoms with Crippen molar-refractivity contribution in [3.8, 4) is 0 Å². The van der Waals surface area contributed by atoms with Gasteiger partial charge in [-0.05, 0) is 12.1 Å². The van der Waals surface area contributed by atoms with Gasteiger partial charge >= 0.3 is 15.6 Å². The summed E-state index contributed by atoms with van der Waals surface area (Å²) in [6.45, 7) is -1.12. The minimum absolute atomic E-state index is 0.00112. The first-order valence-corrected chi connectivity index (χ1v) is 13.4. The number of fused-ring (bicyclic) bond motifs is 1. The number of nitrogens with two attached hydrogens (primary N) is 1. The molecule has 2 aromatic heterocycles. The van der Waals surface area contributed by atoms with Crippen molar-refractivity contribution >= 4 is 44.1 Å². The zero-order valence-electron chi connectivity index (χ0n) is 18.8. The number of aliphatic hydroxyl groups excluding tert-OH is 1. The number of hydrogen-bond donors (Lipinski definition) is 7. The SMILES string of the molecule is CNc1ccccc1C(=O)[C@@]1(O)[C@@H](COP(=O)(O)OP(=O)(O)O)O[C@@H](n2cnc3c(N)ncnc32)[C@@H]1O. The van der Waals surface area contributed by atoms with Gasteiger partial charge in [0.15, 0.2) is 23.3 Å². The average molecular weight is 560 g/mol. The fraction of sp³-hybridized carbons (Fsp3) is 0.333. The molecule has 0 aliphatic carbocycles. The molecule has 17 nitrogen and oxygen atoms in total. The van der Waals surface area contributed by atoms with Crippen LogP contribution in [0, 0.1) is 0 Å². The standard InChI is InChI=1S/C18H22N6O11P2/c1-20-10-5-3-2-4-9(10)13(25)18(27)11(6-33-37(31,32)35-36(28,29)30)34-17(14(18)26)24-8-23-12-15(19)21-7-22-16(12)24/h2-5,7-8,11,14,17,20,26-27H,6H2,1H3,(H,31,32)(H2,19,21,22)(H2,28,29,30)/t11-,14+,17-,18+/m1/s1. The first-order valence-electron chi connectivity index (χ1n) is 10.3. The van der Waals surface area contributed by atoms with Crippen LogP contribution in [0.1, 0.15) is 16.6 Å². The molecule has 5 atom stereocenters. The van der Waals surface area contributed by atoms with Gasteiger partial charge in [-0.2, -0.15) is 4.31 Å². The molecule has 0 saturated carbocycles. The number of imidazole rings is 1. The third kappa shape index (κ3) is 5.15. The number of rotatable bonds is 9. The number of aliphatic hydroxyl groups is 2. The number of Topliss-reactive ketones (excluding diaryl/α,β-unsaturated/α-hetero) is 1. The summed E-state index contributed by atoms with van der Waals surface area (Å²) in [5.74, 6) is -1.05. The lowest BCUT2D eigenvalue weighted by Gasteiger charge is -2.30. The fourth-order valence-electron chi connectivity index (χ4n) is 3.91. The van der Waals surface area contributed by atoms with E-state index in [1.807, 2.05) is 0 Å². The Morgan fingerprint density at radius 2 is 1.95 bits per heavy atom. The largest absolute Gasteiger partial charge is 0.481 e. The Hall–Kier alpha value is -2.82. The second-order valence-electron chi connectivity index (χ2n) is 7.83. The summed E-state index contributed by atoms with van der Waals surface area (Å²) in [6, 6.07) is 6.00. The summed E-state index contributed by atoms with van der Waals surface area (Å²) < 4.78 is 38.2. The Morgan fingerprint density at radius 3 is 2.62 bits per heavy atom. The van der Waals surface area contributed by atoms with Crippen LogP contribution >= 0.6 is 15.6 Å². The number of phosphoric ester groups is 1. The van der Waals surface area contributed by atoms with Crippen molar-refractivity contribution in [3.05, 3.63) is 42.5 Å². The second-order valence-corrected chi connectivity index (χ2v) is 10.7. The lowest BCUT2D eigenvalue weighted by molar-refractivity contribution is -0.0686. The molecule has 3 heterocycles. The third-order valence-electron chi connectivity index (χ3n) is 5.58. The van der Waals surface area contributed by atoms with Crippen LogP contribution in [0.3, 0.4) is 0 Å². The molecule has 200 valence electrons. The first kappa shape index (κ1) is 27.2. The van der Waals surface area contributed by atoms with E-state index in [1.54, 1.807) is 6.07 Å². The Bertz CT molecular complexity index is 1430. The Balaban J connectivity index is 1.75. The number of hydrogen-bond acceptors (Lipinski definition) is 13. The summed E-state index contributed by atoms with van der Waals surface area (Å²) in [6.07, 6.45) is -3.17. The highest BCUT2D eigenvalue weighted by atomic mass is 31.3. The number of ketones is 1. The number of carbonyl (C=O) groups excluding carboxylic acids is 1. The Kier molecular flexibility index (Phi) is 7.22. The molecule has 3 aromatic rings. The Morgan fingerprint density at radius 1 is 1.24 bits per heavy atom. The molecular formula is C18H22N6O11P2. The van der Waals surface area contributed by atoms with Crippen molar-refractivity contribution in [1.29, 1.82) is 0 Å². The molecule has 1 unspecified atom stereocenters. The minimum atomic E-state index is -5.46. The summed E-state index contributed by atoms with van der Waals surface area (Å²) in [5, 5.41) is 25.6. The number of phosphoric acid groups is 2. The van der Waals surface area contributed by atoms with E-state index < -0.39 is 52.1 Å². The van der Waals surface area contributed by atoms with Crippen LogP contribution < -0.4 is 11.1 Å². The monoisotopic (exact) mass is 560 g/mol. The Labute approximate surface area is 207 Å². The van der Waals surface area contributed by atoms with Crippen molar-refractivity contribution in [3.63, 3.8) is 0 Å². The topological polar surface area (TPSA) is 262 Å². The highest BCUT2D eigenvalue weighted by Crippen LogP contribution is 2.58. The summed E-state index contributed by atoms with van der Waals surface area (Å²) in [4.78, 5) is 52.9. The number of benzene rings is 1. The van der Waals surface area contributed by atoms with Gasteiger partial charge < -0.3 is 40.7 Å². The molecule has 4 rings (SSSR count). The molecular weight excluding hydrogens is 538 g/mol. The molecule has 8 N–H and O–H groups in total. The molecule has 1 aliphatic rings. The number of nitrogens with zero attached hydrogens (tertiary/aromatic N) is 4. The van der Waals surface area contributed by atoms with Gasteiger partial charge in [0.2, 0.25) is 5.78 Å². The molecule has 0 amide bonds. The lowest BCUT2D eigenvalue weighted by atomic mass is 9.83. The van der Waals surface area contributed by atoms with Crippen LogP contribution in [0.4, 0.5) is 11.5 Å². The van der Waals surface area contributed by atoms with Gasteiger partial charge in [-0.25, -0.2) is 24.1 Å². The highest BCUT2D eigenvalue weighted by molar-refractivity contribution is 7.60. The fourth-order valence-corrected chi connectivity index (χ4v) is 5.50. The van der Waals surface area contributed by atoms with Crippen LogP contribution in [0.25, 0.3) is 11.2 Å². The molecule has 0 spiro atoms. The first-order chi connectivity index (χ1) is 17.3. The van der Waals surface area contributed by atoms with E-state index in [9.17, 15) is 29.0 Å². The molecule has 1 aliphatic heterocycles. The van der Waals surface area contributed by atoms with Crippen molar-refractivity contribution in [1.82, 2.24) is 19.5 Å². The van der Waals surface area contributed by atoms with Gasteiger partial charge in [0, 0.05) is 18.3 Å². The van der Waals surface area contributed by atoms with E-state index in [0.29, 0.717) is 0 Å². The number of nitrogen functional groups attached to an aromatic ring is 1. The molecule has 1 aromatic carbocycles. The van der Waals surface area contributed by atoms with E-state index in [0.717, 1.165) is 17.2 Å². The quantitative estimate of drug-likeness (QED) is 0.129. The summed E-state index contributed by atoms with van der Waals surface area (Å²) in [7, 11) is -9.34. The van der Waals surface area contributed by atoms with E-state index in [4.69, 9.17) is 20.3 Å². The maximum absolute atomic E-state index is 13.6. The average Bonchev–Trinajstić information content (AvgIpc) is 3.36. The zero-order chi connectivity index (χ0) is 27.2. The van der Waals surface area contributed by atoms with Crippen molar-refractivity contribution in [2.45, 2.75) is 24.0 Å². The maximum atomic E-state index is 13.6. The minimum Gasteiger partial charge on any atom is -0.388 e. The number of nitrogens with one attached hydrogen (secondary N) is 1. The zero-order valence-corrected chi connectivity index (χ0v) is 20.6. The van der Waals surface area contributed by atoms with Crippen molar-refractivity contribution in [2.75, 3.05) is 24.7 Å². The smallest absolute Gasteiger partial charge is 0.388 e. The van der Waals surface area contributed by atoms with Crippen LogP contribution in [-0.4, -0.2) is 81.7 Å². The maximum Gasteiger partial charge on any atom is 0.481 e. The van der Waals surface area contributed by atoms with Gasteiger partial charge in [-0.1, -0.05) is 12.1 Å². The van der Waals surface area contributed by atoms with E-state index in [-0.39, 0.29) is 28.2 Å². The highest BCUT2D eigenvalue weighted by Gasteiger charge is 2.61. The van der Waals surface area contributed by atoms with Crippen LogP contribution in [0.2, 0.25) is 0 Å². The van der Waals surface area contributed by atoms with Gasteiger partial charge in [-0.3, -0.25) is 13.9 Å². The van der Waals surface area contributed by atoms with Gasteiger partial charge in [0.25, 0.3) is 0 Å². The number of ether oxygens (including phenoxy) is 1. The molecule has 0 bridgehead atoms. The number of anilines is 2. The molecule has 1 fully saturated rings. The predicted molar refractivity (Wildman–Crippen MR) is 124 cm³/mol. The van der Waals surface area contributed by atoms with Gasteiger partial charge in [-0.15, -0.1) is 0 Å². The van der Waals surface area contributed by atoms with Crippen molar-refractivity contribution < 1.29 is 52.4 Å². The third-order valence-corrected chi connectivity index (χ3v) is 7.73. The van der Waals surface area contributed by atoms with E-state index in [1.165, 1.54) is 25.2 Å². The number of aromatic nitrogens is 4. The van der Waals surface area contributed by atoms with Crippen LogP contribution in [-0.2, 0) is 22.7 Å². The van der Waals surface area contributed by atoms with Crippen molar-refractivity contribution in [2.24, 2.45) is 0 Å². The lowest BCUT2D eigenvalue weighted by Crippen LogP contribution is -2.55. The van der Waals surface area contributed by atoms with Crippen LogP contribution in [0.15, 0.2) is 36.9 Å². The summed E-state index contributed by atoms with van der Waals surface area (Å²) >= 11 is 0. The normalized spacial score (nSPS) is 25.7. The van der Waals surface area contributed by atoms with Crippen LogP contribution in [0.5, 0.6) is 0 Å². The molecule has 1 saturated heterocycles. The number of carbonyl (C=O) groups is 1. The number of para-hydroxylation sites is 1. The van der Waals surface area contributed by atoms with Gasteiger partial charge in [0.05, 0.1) is 12.9 Å². The molecule has 0 radical (unpaired) electrons. The van der Waals surface area contributed by atoms with Gasteiger partial charge in [0.1, 0.15) is 24.1 Å². The molecule has 37 heavy (non-hydrogen) atoms. The summed E-state index contributed by atoms with van der Waals surface area (Å²) in [5.41, 5.74) is 3.39. The van der Waals surface area contributed by atoms with E-state index in [2.05, 4.69) is 29.1 Å².